The fraction of sp³-hybridized carbons (Fsp3) is 0.286. The number of nitrogens with one attached hydrogen (secondary N) is 8. The fourth-order valence-corrected chi connectivity index (χ4v) is 12.0. The molecule has 0 aliphatic heterocycles. The Bertz CT molecular complexity index is 3190. The maximum atomic E-state index is 13.4. The lowest BCUT2D eigenvalue weighted by Crippen LogP contribution is -2.57. The number of carboxylic acid groups (broad SMARTS) is 4. The van der Waals surface area contributed by atoms with Gasteiger partial charge in [0.15, 0.2) is 0 Å². The van der Waals surface area contributed by atoms with E-state index in [-0.39, 0.29) is 12.8 Å². The molecule has 0 spiro atoms. The molecule has 2 aromatic carbocycles. The summed E-state index contributed by atoms with van der Waals surface area (Å²) in [6, 6.07) is 20.5. The van der Waals surface area contributed by atoms with E-state index in [1.165, 1.54) is 73.0 Å². The van der Waals surface area contributed by atoms with Crippen LogP contribution in [0.2, 0.25) is 0 Å². The van der Waals surface area contributed by atoms with Crippen LogP contribution >= 0.6 is 45.3 Å². The first-order chi connectivity index (χ1) is 39.8. The van der Waals surface area contributed by atoms with Crippen molar-refractivity contribution < 1.29 is 78.0 Å². The van der Waals surface area contributed by atoms with Gasteiger partial charge in [-0.25, -0.2) is 9.59 Å². The highest BCUT2D eigenvalue weighted by Gasteiger charge is 2.33. The van der Waals surface area contributed by atoms with Gasteiger partial charge in [-0.15, -0.1) is 45.3 Å². The number of carbonyl (C=O) groups excluding carboxylic acids is 8. The number of hydrogen-bond donors (Lipinski definition) is 12. The minimum atomic E-state index is -1.77. The second-order valence-corrected chi connectivity index (χ2v) is 23.3. The predicted molar refractivity (Wildman–Crippen MR) is 311 cm³/mol. The van der Waals surface area contributed by atoms with Crippen LogP contribution in [0.3, 0.4) is 0 Å². The lowest BCUT2D eigenvalue weighted by Gasteiger charge is -2.23. The topological polar surface area (TPSA) is 382 Å². The molecule has 8 atom stereocenters. The first-order valence-electron chi connectivity index (χ1n) is 25.7. The van der Waals surface area contributed by atoms with Gasteiger partial charge in [0.05, 0.1) is 22.6 Å². The molecule has 0 saturated carbocycles. The van der Waals surface area contributed by atoms with Crippen LogP contribution in [0.25, 0.3) is 29.3 Å². The standard InChI is InChI=1S/C56H58N8O16S4/c1-27(47(69)57-29(3)49(71)61-33(23-31-11-7-5-8-12-31)51(73)63-35(55(77)78)25-45(65)66)59-53(75)43-21-19-41(83-43)39-17-15-37(81-39)38-16-18-40(82-38)42-20-22-44(84-42)54(76)60-28(2)48(70)58-30(4)50(72)62-34(24-32-13-9-6-10-14-32)52(74)64-36(56(79)80)26-46(67)68/h5-22,27-30,33-36H,23-26H2,1-4H3,(H,57,69)(H,58,70)(H,59,75)(H,60,76)(H,61,71)(H,62,72)(H,63,73)(H,64,74)(H,65,66)(H,67,68)(H,77,78)(H,79,80)/t27-,28+,29-,30+,33-,34+,35-,36+. The van der Waals surface area contributed by atoms with Crippen molar-refractivity contribution in [1.82, 2.24) is 42.5 Å². The number of carbonyl (C=O) groups is 12. The summed E-state index contributed by atoms with van der Waals surface area (Å²) in [5.74, 6) is -12.2. The van der Waals surface area contributed by atoms with Crippen LogP contribution in [0.4, 0.5) is 0 Å². The highest BCUT2D eigenvalue weighted by molar-refractivity contribution is 7.29. The Morgan fingerprint density at radius 2 is 0.607 bits per heavy atom. The number of amides is 8. The van der Waals surface area contributed by atoms with Gasteiger partial charge in [0.25, 0.3) is 11.8 Å². The van der Waals surface area contributed by atoms with Crippen LogP contribution < -0.4 is 42.5 Å². The molecule has 0 aliphatic rings. The van der Waals surface area contributed by atoms with E-state index in [1.807, 2.05) is 24.3 Å². The fourth-order valence-electron chi connectivity index (χ4n) is 7.87. The van der Waals surface area contributed by atoms with Crippen LogP contribution in [0.15, 0.2) is 109 Å². The van der Waals surface area contributed by atoms with E-state index in [0.29, 0.717) is 20.9 Å². The van der Waals surface area contributed by atoms with Crippen molar-refractivity contribution in [2.24, 2.45) is 0 Å². The summed E-state index contributed by atoms with van der Waals surface area (Å²) in [4.78, 5) is 158. The summed E-state index contributed by atoms with van der Waals surface area (Å²) >= 11 is 5.35. The minimum absolute atomic E-state index is 0.0883. The SMILES string of the molecule is C[C@H](NC(=O)c1ccc(-c2ccc(-c3ccc(-c4ccc(C(=O)N[C@H](C)C(=O)N[C@H](C)C(=O)N[C@H](Cc5ccccc5)C(=O)N[C@H](CC(=O)O)C(=O)O)s4)s3)s2)s1)C(=O)N[C@@H](C)C(=O)N[C@@H](Cc1ccccc1)C(=O)N[C@@H](CC(=O)O)C(=O)O. The van der Waals surface area contributed by atoms with Gasteiger partial charge in [-0.05, 0) is 87.4 Å². The number of benzene rings is 2. The van der Waals surface area contributed by atoms with Crippen LogP contribution in [-0.4, -0.2) is 140 Å². The normalized spacial score (nSPS) is 13.8. The zero-order valence-corrected chi connectivity index (χ0v) is 48.4. The number of rotatable bonds is 29. The first kappa shape index (κ1) is 64.1. The Kier molecular flexibility index (Phi) is 22.7. The summed E-state index contributed by atoms with van der Waals surface area (Å²) in [6.07, 6.45) is -1.99. The Hall–Kier alpha value is -9.12. The Morgan fingerprint density at radius 1 is 0.333 bits per heavy atom. The molecule has 4 heterocycles. The van der Waals surface area contributed by atoms with Gasteiger partial charge in [0, 0.05) is 42.1 Å². The molecule has 28 heteroatoms. The quantitative estimate of drug-likeness (QED) is 0.0318. The summed E-state index contributed by atoms with van der Waals surface area (Å²) in [6.45, 7) is 5.54. The van der Waals surface area contributed by atoms with E-state index >= 15 is 0 Å². The molecule has 0 saturated heterocycles. The maximum absolute atomic E-state index is 13.4. The molecule has 8 amide bonds. The smallest absolute Gasteiger partial charge is 0.326 e. The number of aliphatic carboxylic acids is 4. The van der Waals surface area contributed by atoms with E-state index in [0.717, 1.165) is 29.3 Å². The monoisotopic (exact) mass is 1230 g/mol. The average molecular weight is 1230 g/mol. The van der Waals surface area contributed by atoms with Crippen LogP contribution in [-0.2, 0) is 60.8 Å². The summed E-state index contributed by atoms with van der Waals surface area (Å²) in [5, 5.41) is 56.7. The van der Waals surface area contributed by atoms with Crippen molar-refractivity contribution in [2.45, 2.75) is 102 Å². The predicted octanol–water partition coefficient (Wildman–Crippen LogP) is 3.72. The lowest BCUT2D eigenvalue weighted by atomic mass is 10.0. The van der Waals surface area contributed by atoms with E-state index in [2.05, 4.69) is 42.5 Å². The molecule has 0 unspecified atom stereocenters. The molecule has 84 heavy (non-hydrogen) atoms. The first-order valence-corrected chi connectivity index (χ1v) is 28.9. The third-order valence-corrected chi connectivity index (χ3v) is 17.3. The lowest BCUT2D eigenvalue weighted by molar-refractivity contribution is -0.147. The Balaban J connectivity index is 0.987. The summed E-state index contributed by atoms with van der Waals surface area (Å²) in [7, 11) is 0. The van der Waals surface area contributed by atoms with E-state index in [4.69, 9.17) is 10.2 Å². The molecule has 4 aromatic heterocycles. The van der Waals surface area contributed by atoms with Gasteiger partial charge in [-0.2, -0.15) is 0 Å². The summed E-state index contributed by atoms with van der Waals surface area (Å²) in [5.41, 5.74) is 1.20. The Morgan fingerprint density at radius 3 is 0.917 bits per heavy atom. The van der Waals surface area contributed by atoms with Gasteiger partial charge < -0.3 is 63.0 Å². The van der Waals surface area contributed by atoms with Crippen molar-refractivity contribution in [1.29, 1.82) is 0 Å². The molecule has 0 radical (unpaired) electrons. The van der Waals surface area contributed by atoms with Crippen LogP contribution in [0.5, 0.6) is 0 Å². The van der Waals surface area contributed by atoms with Gasteiger partial charge in [0.1, 0.15) is 48.3 Å². The average Bonchev–Trinajstić information content (AvgIpc) is 4.51. The third kappa shape index (κ3) is 18.4. The zero-order chi connectivity index (χ0) is 61.4. The zero-order valence-electron chi connectivity index (χ0n) is 45.2. The van der Waals surface area contributed by atoms with Gasteiger partial charge in [-0.3, -0.25) is 47.9 Å². The molecule has 0 fully saturated rings. The Labute approximate surface area is 495 Å². The molecular formula is C56H58N8O16S4. The molecule has 6 rings (SSSR count). The van der Waals surface area contributed by atoms with Crippen molar-refractivity contribution in [3.63, 3.8) is 0 Å². The summed E-state index contributed by atoms with van der Waals surface area (Å²) < 4.78 is 0. The van der Waals surface area contributed by atoms with Crippen LogP contribution in [0, 0.1) is 0 Å². The minimum Gasteiger partial charge on any atom is -0.481 e. The van der Waals surface area contributed by atoms with Crippen LogP contribution in [0.1, 0.15) is 71.0 Å². The molecule has 12 N–H and O–H groups in total. The van der Waals surface area contributed by atoms with Crippen molar-refractivity contribution in [3.05, 3.63) is 130 Å². The second kappa shape index (κ2) is 29.7. The van der Waals surface area contributed by atoms with E-state index < -0.39 is 132 Å². The third-order valence-electron chi connectivity index (χ3n) is 12.4. The van der Waals surface area contributed by atoms with Crippen molar-refractivity contribution in [2.75, 3.05) is 0 Å². The van der Waals surface area contributed by atoms with Gasteiger partial charge in [0.2, 0.25) is 35.4 Å². The largest absolute Gasteiger partial charge is 0.481 e. The number of hydrogen-bond acceptors (Lipinski definition) is 16. The second-order valence-electron chi connectivity index (χ2n) is 19.0. The molecule has 0 bridgehead atoms. The molecular weight excluding hydrogens is 1170 g/mol. The molecule has 442 valence electrons. The molecule has 24 nitrogen and oxygen atoms in total. The van der Waals surface area contributed by atoms with E-state index in [1.54, 1.807) is 84.9 Å². The van der Waals surface area contributed by atoms with Gasteiger partial charge >= 0.3 is 23.9 Å². The molecule has 6 aromatic rings. The maximum Gasteiger partial charge on any atom is 0.326 e. The van der Waals surface area contributed by atoms with Crippen molar-refractivity contribution in [3.8, 4) is 29.3 Å². The highest BCUT2D eigenvalue weighted by atomic mass is 32.1. The number of carboxylic acids is 4. The van der Waals surface area contributed by atoms with E-state index in [9.17, 15) is 67.7 Å². The number of thiophene rings is 4. The highest BCUT2D eigenvalue weighted by Crippen LogP contribution is 2.43. The van der Waals surface area contributed by atoms with Crippen molar-refractivity contribution >= 4 is 116 Å². The van der Waals surface area contributed by atoms with Gasteiger partial charge in [-0.1, -0.05) is 60.7 Å². The molecule has 0 aliphatic carbocycles.